The summed E-state index contributed by atoms with van der Waals surface area (Å²) in [5.41, 5.74) is -0.0978. The largest absolute Gasteiger partial charge is 0.618 e. The molecule has 0 aliphatic carbocycles. The van der Waals surface area contributed by atoms with E-state index in [0.717, 1.165) is 0 Å². The molecule has 10 heteroatoms. The number of aromatic nitrogens is 2. The normalized spacial score (nSPS) is 9.45. The topological polar surface area (TPSA) is 101 Å². The third kappa shape index (κ3) is 5.11. The van der Waals surface area contributed by atoms with Crippen LogP contribution in [0.15, 0.2) is 39.8 Å². The van der Waals surface area contributed by atoms with Crippen LogP contribution in [0.2, 0.25) is 0 Å². The van der Waals surface area contributed by atoms with Gasteiger partial charge in [0.1, 0.15) is 4.60 Å². The van der Waals surface area contributed by atoms with Crippen molar-refractivity contribution < 1.29 is 19.1 Å². The number of hydrogen-bond donors (Lipinski definition) is 0. The van der Waals surface area contributed by atoms with E-state index in [9.17, 15) is 15.3 Å². The summed E-state index contributed by atoms with van der Waals surface area (Å²) in [5.74, 6) is 0.710. The molecular formula is C12H11Br2N3O5. The Bertz CT molecular complexity index is 669. The predicted octanol–water partition coefficient (Wildman–Crippen LogP) is 2.85. The van der Waals surface area contributed by atoms with Crippen LogP contribution in [0.1, 0.15) is 0 Å². The number of hydrogen-bond acceptors (Lipinski definition) is 6. The van der Waals surface area contributed by atoms with E-state index in [1.54, 1.807) is 12.1 Å². The van der Waals surface area contributed by atoms with Crippen molar-refractivity contribution in [1.29, 1.82) is 0 Å². The Hall–Kier alpha value is -1.94. The lowest BCUT2D eigenvalue weighted by atomic mass is 10.4. The molecule has 2 aromatic heterocycles. The van der Waals surface area contributed by atoms with Crippen LogP contribution in [0.5, 0.6) is 11.5 Å². The maximum atomic E-state index is 10.8. The Labute approximate surface area is 142 Å². The molecule has 118 valence electrons. The minimum atomic E-state index is -0.523. The van der Waals surface area contributed by atoms with Gasteiger partial charge in [0.05, 0.1) is 31.4 Å². The number of nitrogens with zero attached hydrogens (tertiary/aromatic N) is 3. The number of halogens is 2. The molecule has 8 nitrogen and oxygen atoms in total. The molecule has 22 heavy (non-hydrogen) atoms. The number of pyridine rings is 2. The van der Waals surface area contributed by atoms with Gasteiger partial charge in [-0.1, -0.05) is 0 Å². The van der Waals surface area contributed by atoms with Crippen LogP contribution >= 0.6 is 31.9 Å². The minimum absolute atomic E-state index is 0.0978. The molecule has 0 aliphatic heterocycles. The van der Waals surface area contributed by atoms with Gasteiger partial charge in [0.25, 0.3) is 4.60 Å². The maximum Gasteiger partial charge on any atom is 0.315 e. The SMILES string of the molecule is COc1ccc(Br)[n+]([O-])c1.COc1cnc(Br)cc1[N+](=O)[O-]. The molecule has 0 N–H and O–H groups in total. The van der Waals surface area contributed by atoms with Crippen molar-refractivity contribution in [3.05, 3.63) is 55.1 Å². The first-order valence-corrected chi connectivity index (χ1v) is 7.24. The van der Waals surface area contributed by atoms with Crippen LogP contribution in [0.4, 0.5) is 5.69 Å². The van der Waals surface area contributed by atoms with Gasteiger partial charge >= 0.3 is 5.69 Å². The van der Waals surface area contributed by atoms with Crippen molar-refractivity contribution in [2.45, 2.75) is 0 Å². The van der Waals surface area contributed by atoms with Gasteiger partial charge in [-0.2, -0.15) is 4.73 Å². The van der Waals surface area contributed by atoms with Crippen molar-refractivity contribution in [1.82, 2.24) is 4.98 Å². The Morgan fingerprint density at radius 2 is 1.95 bits per heavy atom. The molecule has 0 aromatic carbocycles. The first-order chi connectivity index (χ1) is 10.4. The first kappa shape index (κ1) is 18.1. The van der Waals surface area contributed by atoms with E-state index in [1.165, 1.54) is 32.7 Å². The Morgan fingerprint density at radius 3 is 2.45 bits per heavy atom. The highest BCUT2D eigenvalue weighted by molar-refractivity contribution is 9.10. The third-order valence-corrected chi connectivity index (χ3v) is 3.35. The molecule has 0 fully saturated rings. The molecule has 0 atom stereocenters. The van der Waals surface area contributed by atoms with Crippen LogP contribution in [0.3, 0.4) is 0 Å². The quantitative estimate of drug-likeness (QED) is 0.241. The molecule has 0 amide bonds. The summed E-state index contributed by atoms with van der Waals surface area (Å²) in [4.78, 5) is 13.7. The molecular weight excluding hydrogens is 426 g/mol. The second-order valence-electron chi connectivity index (χ2n) is 3.65. The van der Waals surface area contributed by atoms with E-state index >= 15 is 0 Å². The van der Waals surface area contributed by atoms with Gasteiger partial charge in [-0.05, 0) is 22.0 Å². The molecule has 0 saturated carbocycles. The number of rotatable bonds is 3. The molecule has 0 bridgehead atoms. The van der Waals surface area contributed by atoms with Gasteiger partial charge in [-0.15, -0.1) is 0 Å². The maximum absolute atomic E-state index is 10.8. The predicted molar refractivity (Wildman–Crippen MR) is 84.8 cm³/mol. The van der Waals surface area contributed by atoms with Gasteiger partial charge in [0.2, 0.25) is 11.9 Å². The molecule has 2 aromatic rings. The summed E-state index contributed by atoms with van der Waals surface area (Å²) in [6.07, 6.45) is 2.65. The van der Waals surface area contributed by atoms with Crippen molar-refractivity contribution in [3.8, 4) is 11.5 Å². The van der Waals surface area contributed by atoms with Gasteiger partial charge < -0.3 is 14.7 Å². The highest BCUT2D eigenvalue weighted by atomic mass is 79.9. The van der Waals surface area contributed by atoms with Crippen molar-refractivity contribution in [2.24, 2.45) is 0 Å². The Kier molecular flexibility index (Phi) is 6.99. The van der Waals surface area contributed by atoms with E-state index in [4.69, 9.17) is 9.47 Å². The van der Waals surface area contributed by atoms with Gasteiger partial charge in [0, 0.05) is 22.0 Å². The lowest BCUT2D eigenvalue weighted by Gasteiger charge is -2.00. The van der Waals surface area contributed by atoms with Crippen LogP contribution < -0.4 is 14.2 Å². The Balaban J connectivity index is 0.000000224. The highest BCUT2D eigenvalue weighted by Gasteiger charge is 2.14. The molecule has 2 rings (SSSR count). The zero-order valence-corrected chi connectivity index (χ0v) is 14.7. The fourth-order valence-electron chi connectivity index (χ4n) is 1.27. The van der Waals surface area contributed by atoms with Crippen molar-refractivity contribution in [2.75, 3.05) is 14.2 Å². The summed E-state index contributed by atoms with van der Waals surface area (Å²) >= 11 is 6.08. The summed E-state index contributed by atoms with van der Waals surface area (Å²) in [6, 6.07) is 4.63. The van der Waals surface area contributed by atoms with Gasteiger partial charge in [0.15, 0.2) is 5.75 Å². The molecule has 0 radical (unpaired) electrons. The third-order valence-electron chi connectivity index (χ3n) is 2.31. The fourth-order valence-corrected chi connectivity index (χ4v) is 1.83. The van der Waals surface area contributed by atoms with Crippen molar-refractivity contribution in [3.63, 3.8) is 0 Å². The smallest absolute Gasteiger partial charge is 0.315 e. The second-order valence-corrected chi connectivity index (χ2v) is 5.28. The number of ether oxygens (including phenoxy) is 2. The molecule has 0 spiro atoms. The van der Waals surface area contributed by atoms with Gasteiger partial charge in [-0.3, -0.25) is 10.1 Å². The van der Waals surface area contributed by atoms with E-state index in [-0.39, 0.29) is 11.4 Å². The molecule has 2 heterocycles. The first-order valence-electron chi connectivity index (χ1n) is 5.65. The number of methoxy groups -OCH3 is 2. The summed E-state index contributed by atoms with van der Waals surface area (Å²) < 4.78 is 11.1. The number of nitro groups is 1. The summed E-state index contributed by atoms with van der Waals surface area (Å²) in [5, 5.41) is 21.2. The summed E-state index contributed by atoms with van der Waals surface area (Å²) in [6.45, 7) is 0. The van der Waals surface area contributed by atoms with Gasteiger partial charge in [-0.25, -0.2) is 4.98 Å². The van der Waals surface area contributed by atoms with E-state index < -0.39 is 4.92 Å². The van der Waals surface area contributed by atoms with Crippen molar-refractivity contribution >= 4 is 37.5 Å². The zero-order chi connectivity index (χ0) is 16.7. The van der Waals surface area contributed by atoms with E-state index in [1.807, 2.05) is 0 Å². The zero-order valence-electron chi connectivity index (χ0n) is 11.5. The fraction of sp³-hybridized carbons (Fsp3) is 0.167. The second kappa shape index (κ2) is 8.49. The molecule has 0 unspecified atom stereocenters. The van der Waals surface area contributed by atoms with Crippen LogP contribution in [0, 0.1) is 15.3 Å². The monoisotopic (exact) mass is 435 g/mol. The Morgan fingerprint density at radius 1 is 1.27 bits per heavy atom. The van der Waals surface area contributed by atoms with E-state index in [2.05, 4.69) is 36.8 Å². The average molecular weight is 437 g/mol. The summed E-state index contributed by atoms with van der Waals surface area (Å²) in [7, 11) is 2.88. The van der Waals surface area contributed by atoms with E-state index in [0.29, 0.717) is 19.7 Å². The molecule has 0 saturated heterocycles. The lowest BCUT2D eigenvalue weighted by molar-refractivity contribution is -0.617. The van der Waals surface area contributed by atoms with Crippen LogP contribution in [-0.2, 0) is 0 Å². The van der Waals surface area contributed by atoms with Crippen LogP contribution in [0.25, 0.3) is 0 Å². The average Bonchev–Trinajstić information content (AvgIpc) is 2.50. The standard InChI is InChI=1S/C6H5BrN2O3.C6H6BrNO2/c1-12-5-3-8-6(7)2-4(5)9(10)11;1-10-5-2-3-6(7)8(9)4-5/h2-3H,1H3;2-4H,1H3. The highest BCUT2D eigenvalue weighted by Crippen LogP contribution is 2.27. The van der Waals surface area contributed by atoms with Crippen LogP contribution in [-0.4, -0.2) is 24.1 Å². The lowest BCUT2D eigenvalue weighted by Crippen LogP contribution is -2.26. The minimum Gasteiger partial charge on any atom is -0.618 e. The molecule has 0 aliphatic rings.